The van der Waals surface area contributed by atoms with Gasteiger partial charge in [0.2, 0.25) is 5.91 Å². The maximum Gasteiger partial charge on any atom is 0.277 e. The van der Waals surface area contributed by atoms with E-state index in [9.17, 15) is 4.79 Å². The van der Waals surface area contributed by atoms with Crippen molar-refractivity contribution in [1.29, 1.82) is 0 Å². The number of carbonyl (C=O) groups excluding carboxylic acids is 1. The molecule has 1 aliphatic heterocycles. The molecule has 1 saturated heterocycles. The van der Waals surface area contributed by atoms with Crippen LogP contribution in [0.4, 0.5) is 0 Å². The molecule has 1 amide bonds. The van der Waals surface area contributed by atoms with Gasteiger partial charge < -0.3 is 14.1 Å². The van der Waals surface area contributed by atoms with E-state index in [2.05, 4.69) is 16.3 Å². The van der Waals surface area contributed by atoms with Crippen LogP contribution in [0.3, 0.4) is 0 Å². The molecule has 3 heterocycles. The quantitative estimate of drug-likeness (QED) is 0.376. The Balaban J connectivity index is 1.21. The molecule has 2 aromatic heterocycles. The van der Waals surface area contributed by atoms with E-state index in [0.717, 1.165) is 35.5 Å². The molecule has 4 aromatic rings. The van der Waals surface area contributed by atoms with Crippen molar-refractivity contribution in [2.75, 3.05) is 26.0 Å². The van der Waals surface area contributed by atoms with Crippen molar-refractivity contribution in [3.63, 3.8) is 0 Å². The number of thioether (sulfide) groups is 1. The van der Waals surface area contributed by atoms with Crippen LogP contribution in [0.2, 0.25) is 0 Å². The number of benzene rings is 2. The molecule has 0 bridgehead atoms. The van der Waals surface area contributed by atoms with E-state index < -0.39 is 0 Å². The van der Waals surface area contributed by atoms with E-state index in [1.54, 1.807) is 18.4 Å². The van der Waals surface area contributed by atoms with E-state index in [0.29, 0.717) is 23.4 Å². The fourth-order valence-corrected chi connectivity index (χ4v) is 5.64. The zero-order valence-corrected chi connectivity index (χ0v) is 19.2. The van der Waals surface area contributed by atoms with Gasteiger partial charge in [-0.15, -0.1) is 21.5 Å². The lowest BCUT2D eigenvalue weighted by Gasteiger charge is -2.31. The number of methoxy groups -OCH3 is 1. The molecule has 32 heavy (non-hydrogen) atoms. The second kappa shape index (κ2) is 9.30. The minimum absolute atomic E-state index is 0.0813. The molecule has 1 atom stereocenters. The summed E-state index contributed by atoms with van der Waals surface area (Å²) < 4.78 is 12.3. The van der Waals surface area contributed by atoms with Crippen molar-refractivity contribution in [3.8, 4) is 17.2 Å². The number of thiazole rings is 1. The molecule has 164 valence electrons. The van der Waals surface area contributed by atoms with Gasteiger partial charge in [0.25, 0.3) is 11.1 Å². The summed E-state index contributed by atoms with van der Waals surface area (Å²) in [7, 11) is 1.60. The number of carbonyl (C=O) groups is 1. The van der Waals surface area contributed by atoms with Crippen LogP contribution in [0.25, 0.3) is 21.7 Å². The highest BCUT2D eigenvalue weighted by atomic mass is 32.2. The molecule has 1 aliphatic rings. The highest BCUT2D eigenvalue weighted by molar-refractivity contribution is 7.99. The molecule has 0 aliphatic carbocycles. The van der Waals surface area contributed by atoms with Gasteiger partial charge in [-0.25, -0.2) is 4.98 Å². The molecule has 2 aromatic carbocycles. The predicted molar refractivity (Wildman–Crippen MR) is 125 cm³/mol. The van der Waals surface area contributed by atoms with Crippen LogP contribution in [0.1, 0.15) is 23.8 Å². The van der Waals surface area contributed by atoms with E-state index in [1.807, 2.05) is 47.4 Å². The van der Waals surface area contributed by atoms with Crippen molar-refractivity contribution in [2.45, 2.75) is 24.0 Å². The third-order valence-corrected chi connectivity index (χ3v) is 7.50. The van der Waals surface area contributed by atoms with Crippen LogP contribution < -0.4 is 4.74 Å². The number of amides is 1. The summed E-state index contributed by atoms with van der Waals surface area (Å²) in [5.41, 5.74) is 1.77. The Morgan fingerprint density at radius 3 is 2.94 bits per heavy atom. The van der Waals surface area contributed by atoms with Gasteiger partial charge in [-0.1, -0.05) is 36.0 Å². The molecular formula is C23H22N4O3S2. The molecule has 7 nitrogen and oxygen atoms in total. The number of aromatic nitrogens is 3. The maximum atomic E-state index is 12.9. The Morgan fingerprint density at radius 1 is 1.22 bits per heavy atom. The average molecular weight is 467 g/mol. The van der Waals surface area contributed by atoms with Crippen molar-refractivity contribution < 1.29 is 13.9 Å². The largest absolute Gasteiger partial charge is 0.496 e. The van der Waals surface area contributed by atoms with Crippen LogP contribution >= 0.6 is 23.1 Å². The monoisotopic (exact) mass is 466 g/mol. The third-order valence-electron chi connectivity index (χ3n) is 5.50. The Hall–Kier alpha value is -2.91. The number of fused-ring (bicyclic) bond motifs is 1. The topological polar surface area (TPSA) is 81.4 Å². The second-order valence-corrected chi connectivity index (χ2v) is 9.55. The Morgan fingerprint density at radius 2 is 2.06 bits per heavy atom. The molecule has 5 rings (SSSR count). The van der Waals surface area contributed by atoms with Crippen molar-refractivity contribution in [1.82, 2.24) is 20.1 Å². The summed E-state index contributed by atoms with van der Waals surface area (Å²) in [6.45, 7) is 1.48. The highest BCUT2D eigenvalue weighted by Crippen LogP contribution is 2.34. The van der Waals surface area contributed by atoms with Crippen LogP contribution in [-0.4, -0.2) is 51.9 Å². The van der Waals surface area contributed by atoms with Gasteiger partial charge in [-0.3, -0.25) is 4.79 Å². The number of para-hydroxylation sites is 2. The number of nitrogens with zero attached hydrogens (tertiary/aromatic N) is 4. The van der Waals surface area contributed by atoms with Gasteiger partial charge in [0.1, 0.15) is 5.75 Å². The first kappa shape index (κ1) is 21.0. The average Bonchev–Trinajstić information content (AvgIpc) is 3.50. The van der Waals surface area contributed by atoms with Gasteiger partial charge in [-0.2, -0.15) is 0 Å². The van der Waals surface area contributed by atoms with Crippen LogP contribution in [0.15, 0.2) is 58.2 Å². The van der Waals surface area contributed by atoms with Crippen molar-refractivity contribution in [3.05, 3.63) is 53.5 Å². The van der Waals surface area contributed by atoms with E-state index in [-0.39, 0.29) is 17.6 Å². The predicted octanol–water partition coefficient (Wildman–Crippen LogP) is 4.85. The van der Waals surface area contributed by atoms with Crippen LogP contribution in [0, 0.1) is 0 Å². The molecule has 0 unspecified atom stereocenters. The summed E-state index contributed by atoms with van der Waals surface area (Å²) in [5, 5.41) is 9.69. The fraction of sp³-hybridized carbons (Fsp3) is 0.304. The summed E-state index contributed by atoms with van der Waals surface area (Å²) in [6, 6.07) is 15.7. The molecule has 0 spiro atoms. The Labute approximate surface area is 193 Å². The Kier molecular flexibility index (Phi) is 6.09. The maximum absolute atomic E-state index is 12.9. The zero-order valence-electron chi connectivity index (χ0n) is 17.6. The van der Waals surface area contributed by atoms with E-state index in [4.69, 9.17) is 14.1 Å². The van der Waals surface area contributed by atoms with E-state index in [1.165, 1.54) is 16.5 Å². The SMILES string of the molecule is COc1ccccc1-c1nnc(SCC(=O)N2CCC[C@@H](c3nc4ccccc4s3)C2)o1. The van der Waals surface area contributed by atoms with Gasteiger partial charge in [0, 0.05) is 19.0 Å². The first-order chi connectivity index (χ1) is 15.7. The summed E-state index contributed by atoms with van der Waals surface area (Å²) in [5.74, 6) is 1.68. The standard InChI is InChI=1S/C23H22N4O3S2/c1-29-18-10-4-2-8-16(18)21-25-26-23(30-21)31-14-20(28)27-12-6-7-15(13-27)22-24-17-9-3-5-11-19(17)32-22/h2-5,8-11,15H,6-7,12-14H2,1H3/t15-/m1/s1. The first-order valence-corrected chi connectivity index (χ1v) is 12.2. The van der Waals surface area contributed by atoms with Gasteiger partial charge in [-0.05, 0) is 37.1 Å². The highest BCUT2D eigenvalue weighted by Gasteiger charge is 2.27. The number of piperidine rings is 1. The number of hydrogen-bond acceptors (Lipinski definition) is 8. The van der Waals surface area contributed by atoms with Crippen LogP contribution in [0.5, 0.6) is 5.75 Å². The minimum atomic E-state index is 0.0813. The lowest BCUT2D eigenvalue weighted by molar-refractivity contribution is -0.129. The first-order valence-electron chi connectivity index (χ1n) is 10.4. The molecule has 0 saturated carbocycles. The van der Waals surface area contributed by atoms with E-state index >= 15 is 0 Å². The number of hydrogen-bond donors (Lipinski definition) is 0. The van der Waals surface area contributed by atoms with Crippen LogP contribution in [-0.2, 0) is 4.79 Å². The smallest absolute Gasteiger partial charge is 0.277 e. The third kappa shape index (κ3) is 4.35. The normalized spacial score (nSPS) is 16.4. The number of rotatable bonds is 6. The van der Waals surface area contributed by atoms with Crippen molar-refractivity contribution in [2.24, 2.45) is 0 Å². The summed E-state index contributed by atoms with van der Waals surface area (Å²) in [6.07, 6.45) is 2.04. The number of ether oxygens (including phenoxy) is 1. The minimum Gasteiger partial charge on any atom is -0.496 e. The second-order valence-electron chi connectivity index (χ2n) is 7.56. The van der Waals surface area contributed by atoms with Gasteiger partial charge in [0.15, 0.2) is 0 Å². The molecular weight excluding hydrogens is 444 g/mol. The Bertz CT molecular complexity index is 1210. The number of likely N-dealkylation sites (tertiary alicyclic amines) is 1. The fourth-order valence-electron chi connectivity index (χ4n) is 3.88. The molecule has 0 N–H and O–H groups in total. The van der Waals surface area contributed by atoms with Gasteiger partial charge in [0.05, 0.1) is 33.7 Å². The lowest BCUT2D eigenvalue weighted by atomic mass is 9.99. The molecule has 0 radical (unpaired) electrons. The van der Waals surface area contributed by atoms with Gasteiger partial charge >= 0.3 is 0 Å². The zero-order chi connectivity index (χ0) is 21.9. The lowest BCUT2D eigenvalue weighted by Crippen LogP contribution is -2.40. The summed E-state index contributed by atoms with van der Waals surface area (Å²) >= 11 is 3.00. The van der Waals surface area contributed by atoms with Crippen molar-refractivity contribution >= 4 is 39.2 Å². The molecule has 9 heteroatoms. The molecule has 1 fully saturated rings. The summed E-state index contributed by atoms with van der Waals surface area (Å²) in [4.78, 5) is 19.6.